The highest BCUT2D eigenvalue weighted by molar-refractivity contribution is 5.84. The van der Waals surface area contributed by atoms with Gasteiger partial charge in [0.1, 0.15) is 0 Å². The first-order valence-electron chi connectivity index (χ1n) is 7.36. The molecule has 2 rings (SSSR count). The summed E-state index contributed by atoms with van der Waals surface area (Å²) in [5.74, 6) is -1.20. The molecule has 3 atom stereocenters. The van der Waals surface area contributed by atoms with Crippen LogP contribution in [0.15, 0.2) is 0 Å². The number of nitrogens with one attached hydrogen (secondary N) is 2. The number of carbonyl (C=O) groups is 3. The van der Waals surface area contributed by atoms with E-state index in [0.29, 0.717) is 38.8 Å². The number of carboxylic acids is 1. The van der Waals surface area contributed by atoms with Crippen LogP contribution in [0.25, 0.3) is 0 Å². The summed E-state index contributed by atoms with van der Waals surface area (Å²) in [7, 11) is 1.60. The molecule has 0 aromatic heterocycles. The van der Waals surface area contributed by atoms with Crippen LogP contribution in [0.3, 0.4) is 0 Å². The fraction of sp³-hybridized carbons (Fsp3) is 0.786. The van der Waals surface area contributed by atoms with Crippen LogP contribution in [0, 0.1) is 11.3 Å². The standard InChI is InChI=1S/C14H23N3O4/c1-14(12(20)15-2)5-6-17(8-14)13(21)16-10-4-3-9(7-10)11(18)19/h9-10H,3-8H2,1-2H3,(H,15,20)(H,16,21)(H,18,19). The second kappa shape index (κ2) is 5.91. The highest BCUT2D eigenvalue weighted by Crippen LogP contribution is 2.31. The van der Waals surface area contributed by atoms with Crippen LogP contribution in [0.4, 0.5) is 4.79 Å². The number of hydrogen-bond acceptors (Lipinski definition) is 3. The molecule has 0 aromatic rings. The van der Waals surface area contributed by atoms with Gasteiger partial charge < -0.3 is 20.6 Å². The molecule has 2 aliphatic rings. The Morgan fingerprint density at radius 3 is 2.57 bits per heavy atom. The summed E-state index contributed by atoms with van der Waals surface area (Å²) in [6.07, 6.45) is 2.43. The van der Waals surface area contributed by atoms with Crippen molar-refractivity contribution < 1.29 is 19.5 Å². The number of carboxylic acid groups (broad SMARTS) is 1. The lowest BCUT2D eigenvalue weighted by Gasteiger charge is -2.24. The zero-order valence-electron chi connectivity index (χ0n) is 12.5. The fourth-order valence-corrected chi connectivity index (χ4v) is 3.22. The van der Waals surface area contributed by atoms with Gasteiger partial charge in [-0.1, -0.05) is 0 Å². The monoisotopic (exact) mass is 297 g/mol. The molecule has 0 aromatic carbocycles. The predicted molar refractivity (Wildman–Crippen MR) is 75.7 cm³/mol. The summed E-state index contributed by atoms with van der Waals surface area (Å²) in [5, 5.41) is 14.5. The van der Waals surface area contributed by atoms with Gasteiger partial charge in [-0.05, 0) is 32.6 Å². The number of amides is 3. The lowest BCUT2D eigenvalue weighted by atomic mass is 9.89. The van der Waals surface area contributed by atoms with Gasteiger partial charge in [-0.2, -0.15) is 0 Å². The molecular weight excluding hydrogens is 274 g/mol. The maximum Gasteiger partial charge on any atom is 0.317 e. The molecule has 3 amide bonds. The molecule has 118 valence electrons. The second-order valence-electron chi connectivity index (χ2n) is 6.31. The third-order valence-electron chi connectivity index (χ3n) is 4.65. The third kappa shape index (κ3) is 3.28. The molecule has 7 nitrogen and oxygen atoms in total. The van der Waals surface area contributed by atoms with E-state index in [-0.39, 0.29) is 23.9 Å². The minimum absolute atomic E-state index is 0.0513. The number of nitrogens with zero attached hydrogens (tertiary/aromatic N) is 1. The van der Waals surface area contributed by atoms with Gasteiger partial charge in [0, 0.05) is 26.2 Å². The molecule has 1 aliphatic heterocycles. The number of carbonyl (C=O) groups excluding carboxylic acids is 2. The first-order valence-corrected chi connectivity index (χ1v) is 7.36. The van der Waals surface area contributed by atoms with Crippen molar-refractivity contribution in [3.8, 4) is 0 Å². The van der Waals surface area contributed by atoms with Gasteiger partial charge in [0.15, 0.2) is 0 Å². The molecule has 7 heteroatoms. The van der Waals surface area contributed by atoms with Gasteiger partial charge >= 0.3 is 12.0 Å². The van der Waals surface area contributed by atoms with Crippen LogP contribution < -0.4 is 10.6 Å². The van der Waals surface area contributed by atoms with Crippen molar-refractivity contribution in [1.29, 1.82) is 0 Å². The summed E-state index contributed by atoms with van der Waals surface area (Å²) in [4.78, 5) is 36.6. The Labute approximate surface area is 124 Å². The van der Waals surface area contributed by atoms with E-state index in [2.05, 4.69) is 10.6 Å². The van der Waals surface area contributed by atoms with Crippen LogP contribution in [0.5, 0.6) is 0 Å². The Kier molecular flexibility index (Phi) is 4.39. The van der Waals surface area contributed by atoms with E-state index in [4.69, 9.17) is 5.11 Å². The van der Waals surface area contributed by atoms with Crippen LogP contribution in [-0.4, -0.2) is 54.1 Å². The number of rotatable bonds is 3. The number of likely N-dealkylation sites (tertiary alicyclic amines) is 1. The zero-order valence-corrected chi connectivity index (χ0v) is 12.5. The third-order valence-corrected chi connectivity index (χ3v) is 4.65. The minimum atomic E-state index is -0.792. The van der Waals surface area contributed by atoms with Gasteiger partial charge in [0.25, 0.3) is 0 Å². The maximum absolute atomic E-state index is 12.2. The maximum atomic E-state index is 12.2. The van der Waals surface area contributed by atoms with Crippen molar-refractivity contribution in [3.05, 3.63) is 0 Å². The minimum Gasteiger partial charge on any atom is -0.481 e. The van der Waals surface area contributed by atoms with Gasteiger partial charge in [0.05, 0.1) is 11.3 Å². The molecule has 3 unspecified atom stereocenters. The summed E-state index contributed by atoms with van der Waals surface area (Å²) in [6, 6.07) is -0.274. The van der Waals surface area contributed by atoms with Crippen molar-refractivity contribution in [2.45, 2.75) is 38.6 Å². The SMILES string of the molecule is CNC(=O)C1(C)CCN(C(=O)NC2CCC(C(=O)O)C2)C1. The smallest absolute Gasteiger partial charge is 0.317 e. The lowest BCUT2D eigenvalue weighted by molar-refractivity contribution is -0.141. The number of hydrogen-bond donors (Lipinski definition) is 3. The molecule has 1 heterocycles. The second-order valence-corrected chi connectivity index (χ2v) is 6.31. The average Bonchev–Trinajstić information content (AvgIpc) is 3.05. The normalized spacial score (nSPS) is 32.0. The van der Waals surface area contributed by atoms with E-state index in [1.807, 2.05) is 6.92 Å². The van der Waals surface area contributed by atoms with E-state index in [1.54, 1.807) is 11.9 Å². The summed E-state index contributed by atoms with van der Waals surface area (Å²) < 4.78 is 0. The van der Waals surface area contributed by atoms with E-state index in [9.17, 15) is 14.4 Å². The summed E-state index contributed by atoms with van der Waals surface area (Å²) in [5.41, 5.74) is -0.536. The molecule has 1 saturated carbocycles. The highest BCUT2D eigenvalue weighted by Gasteiger charge is 2.42. The Morgan fingerprint density at radius 1 is 1.29 bits per heavy atom. The fourth-order valence-electron chi connectivity index (χ4n) is 3.22. The van der Waals surface area contributed by atoms with Crippen molar-refractivity contribution >= 4 is 17.9 Å². The lowest BCUT2D eigenvalue weighted by Crippen LogP contribution is -2.45. The first kappa shape index (κ1) is 15.6. The van der Waals surface area contributed by atoms with Gasteiger partial charge in [0.2, 0.25) is 5.91 Å². The van der Waals surface area contributed by atoms with Crippen molar-refractivity contribution in [2.75, 3.05) is 20.1 Å². The predicted octanol–water partition coefficient (Wildman–Crippen LogP) is 0.407. The highest BCUT2D eigenvalue weighted by atomic mass is 16.4. The molecule has 2 fully saturated rings. The molecule has 0 bridgehead atoms. The number of aliphatic carboxylic acids is 1. The average molecular weight is 297 g/mol. The van der Waals surface area contributed by atoms with E-state index < -0.39 is 11.4 Å². The van der Waals surface area contributed by atoms with Crippen molar-refractivity contribution in [2.24, 2.45) is 11.3 Å². The van der Waals surface area contributed by atoms with Gasteiger partial charge in [-0.15, -0.1) is 0 Å². The largest absolute Gasteiger partial charge is 0.481 e. The van der Waals surface area contributed by atoms with Crippen molar-refractivity contribution in [3.63, 3.8) is 0 Å². The van der Waals surface area contributed by atoms with Gasteiger partial charge in [-0.3, -0.25) is 9.59 Å². The quantitative estimate of drug-likeness (QED) is 0.702. The van der Waals surface area contributed by atoms with Crippen molar-refractivity contribution in [1.82, 2.24) is 15.5 Å². The van der Waals surface area contributed by atoms with Crippen LogP contribution in [0.1, 0.15) is 32.6 Å². The molecule has 1 aliphatic carbocycles. The Morgan fingerprint density at radius 2 is 2.00 bits per heavy atom. The molecule has 0 radical (unpaired) electrons. The van der Waals surface area contributed by atoms with Crippen LogP contribution in [-0.2, 0) is 9.59 Å². The molecule has 0 spiro atoms. The topological polar surface area (TPSA) is 98.7 Å². The molecular formula is C14H23N3O4. The van der Waals surface area contributed by atoms with Crippen LogP contribution in [0.2, 0.25) is 0 Å². The molecule has 1 saturated heterocycles. The van der Waals surface area contributed by atoms with E-state index in [1.165, 1.54) is 0 Å². The zero-order chi connectivity index (χ0) is 15.6. The first-order chi connectivity index (χ1) is 9.85. The van der Waals surface area contributed by atoms with E-state index >= 15 is 0 Å². The summed E-state index contributed by atoms with van der Waals surface area (Å²) >= 11 is 0. The Hall–Kier alpha value is -1.79. The number of urea groups is 1. The van der Waals surface area contributed by atoms with E-state index in [0.717, 1.165) is 0 Å². The Balaban J connectivity index is 1.86. The van der Waals surface area contributed by atoms with Crippen LogP contribution >= 0.6 is 0 Å². The Bertz CT molecular complexity index is 454. The molecule has 21 heavy (non-hydrogen) atoms. The van der Waals surface area contributed by atoms with Gasteiger partial charge in [-0.25, -0.2) is 4.79 Å². The molecule has 3 N–H and O–H groups in total. The summed E-state index contributed by atoms with van der Waals surface area (Å²) in [6.45, 7) is 2.80.